The van der Waals surface area contributed by atoms with Gasteiger partial charge in [0, 0.05) is 18.0 Å². The molecule has 1 heterocycles. The molecule has 3 aromatic carbocycles. The molecule has 1 aromatic heterocycles. The largest absolute Gasteiger partial charge is 0.416 e. The van der Waals surface area contributed by atoms with E-state index in [1.807, 2.05) is 77.4 Å². The molecule has 0 atom stereocenters. The maximum Gasteiger partial charge on any atom is 0.416 e. The lowest BCUT2D eigenvalue weighted by Gasteiger charge is -2.25. The third-order valence-electron chi connectivity index (χ3n) is 4.60. The van der Waals surface area contributed by atoms with Crippen molar-refractivity contribution in [3.8, 4) is 11.3 Å². The minimum atomic E-state index is -4.37. The van der Waals surface area contributed by atoms with Crippen molar-refractivity contribution in [1.29, 1.82) is 0 Å². The highest BCUT2D eigenvalue weighted by atomic mass is 19.4. The maximum absolute atomic E-state index is 13.2. The number of halogens is 3. The number of benzene rings is 3. The molecule has 0 aliphatic rings. The van der Waals surface area contributed by atoms with Crippen molar-refractivity contribution in [3.05, 3.63) is 90.5 Å². The van der Waals surface area contributed by atoms with Gasteiger partial charge in [0.15, 0.2) is 0 Å². The first-order valence-corrected chi connectivity index (χ1v) is 8.52. The van der Waals surface area contributed by atoms with E-state index in [1.165, 1.54) is 12.1 Å². The minimum absolute atomic E-state index is 0.548. The van der Waals surface area contributed by atoms with Gasteiger partial charge in [-0.15, -0.1) is 0 Å². The molecule has 0 saturated heterocycles. The standard InChI is InChI=1S/C22H17F3N2/c1-26(19-10-6-3-7-11-19)27-20-13-12-18(22(23,24)25)14-17(20)15-21(27)16-8-4-2-5-9-16/h2-15H,1H3. The van der Waals surface area contributed by atoms with Crippen molar-refractivity contribution in [2.45, 2.75) is 6.18 Å². The van der Waals surface area contributed by atoms with E-state index in [4.69, 9.17) is 0 Å². The van der Waals surface area contributed by atoms with E-state index in [9.17, 15) is 13.2 Å². The van der Waals surface area contributed by atoms with Crippen molar-refractivity contribution in [1.82, 2.24) is 4.68 Å². The lowest BCUT2D eigenvalue weighted by atomic mass is 10.1. The normalized spacial score (nSPS) is 11.7. The summed E-state index contributed by atoms with van der Waals surface area (Å²) in [7, 11) is 1.90. The van der Waals surface area contributed by atoms with Crippen LogP contribution in [0.5, 0.6) is 0 Å². The Labute approximate surface area is 155 Å². The van der Waals surface area contributed by atoms with Gasteiger partial charge < -0.3 is 0 Å². The molecule has 0 saturated carbocycles. The highest BCUT2D eigenvalue weighted by molar-refractivity contribution is 5.88. The Bertz CT molecular complexity index is 1070. The van der Waals surface area contributed by atoms with Crippen LogP contribution >= 0.6 is 0 Å². The lowest BCUT2D eigenvalue weighted by molar-refractivity contribution is -0.137. The van der Waals surface area contributed by atoms with Crippen LogP contribution < -0.4 is 5.01 Å². The van der Waals surface area contributed by atoms with Crippen LogP contribution in [0.4, 0.5) is 18.9 Å². The highest BCUT2D eigenvalue weighted by Gasteiger charge is 2.31. The van der Waals surface area contributed by atoms with E-state index in [1.54, 1.807) is 6.07 Å². The Kier molecular flexibility index (Phi) is 4.15. The summed E-state index contributed by atoms with van der Waals surface area (Å²) in [4.78, 5) is 0. The van der Waals surface area contributed by atoms with E-state index in [-0.39, 0.29) is 0 Å². The summed E-state index contributed by atoms with van der Waals surface area (Å²) < 4.78 is 41.4. The third-order valence-corrected chi connectivity index (χ3v) is 4.60. The summed E-state index contributed by atoms with van der Waals surface area (Å²) in [6, 6.07) is 25.0. The second-order valence-corrected chi connectivity index (χ2v) is 6.34. The molecule has 4 rings (SSSR count). The molecule has 2 nitrogen and oxygen atoms in total. The van der Waals surface area contributed by atoms with E-state index >= 15 is 0 Å². The van der Waals surface area contributed by atoms with Crippen LogP contribution in [0.15, 0.2) is 84.9 Å². The topological polar surface area (TPSA) is 8.17 Å². The predicted octanol–water partition coefficient (Wildman–Crippen LogP) is 6.23. The highest BCUT2D eigenvalue weighted by Crippen LogP contribution is 2.35. The van der Waals surface area contributed by atoms with Crippen LogP contribution in [0.1, 0.15) is 5.56 Å². The van der Waals surface area contributed by atoms with Crippen molar-refractivity contribution < 1.29 is 13.2 Å². The summed E-state index contributed by atoms with van der Waals surface area (Å²) in [5.74, 6) is 0. The summed E-state index contributed by atoms with van der Waals surface area (Å²) in [5, 5.41) is 2.49. The average molecular weight is 366 g/mol. The molecule has 0 aliphatic carbocycles. The average Bonchev–Trinajstić information content (AvgIpc) is 3.07. The van der Waals surface area contributed by atoms with E-state index in [2.05, 4.69) is 0 Å². The number of anilines is 1. The van der Waals surface area contributed by atoms with Gasteiger partial charge in [-0.25, -0.2) is 0 Å². The Morgan fingerprint density at radius 3 is 2.04 bits per heavy atom. The number of alkyl halides is 3. The Hall–Kier alpha value is -3.21. The number of para-hydroxylation sites is 1. The number of aromatic nitrogens is 1. The molecule has 5 heteroatoms. The second-order valence-electron chi connectivity index (χ2n) is 6.34. The molecule has 0 spiro atoms. The van der Waals surface area contributed by atoms with Crippen molar-refractivity contribution in [3.63, 3.8) is 0 Å². The van der Waals surface area contributed by atoms with Crippen molar-refractivity contribution in [2.24, 2.45) is 0 Å². The summed E-state index contributed by atoms with van der Waals surface area (Å²) in [5.41, 5.74) is 2.77. The molecule has 0 N–H and O–H groups in total. The quantitative estimate of drug-likeness (QED) is 0.417. The molecule has 0 fully saturated rings. The van der Waals surface area contributed by atoms with Gasteiger partial charge in [-0.3, -0.25) is 9.69 Å². The van der Waals surface area contributed by atoms with Gasteiger partial charge in [0.1, 0.15) is 0 Å². The first-order chi connectivity index (χ1) is 12.9. The van der Waals surface area contributed by atoms with E-state index < -0.39 is 11.7 Å². The van der Waals surface area contributed by atoms with Crippen molar-refractivity contribution >= 4 is 16.6 Å². The van der Waals surface area contributed by atoms with Gasteiger partial charge in [0.25, 0.3) is 0 Å². The van der Waals surface area contributed by atoms with Crippen LogP contribution in [0.25, 0.3) is 22.2 Å². The molecule has 0 aliphatic heterocycles. The van der Waals surface area contributed by atoms with Crippen LogP contribution in [0, 0.1) is 0 Å². The van der Waals surface area contributed by atoms with Crippen LogP contribution in [-0.2, 0) is 6.18 Å². The van der Waals surface area contributed by atoms with Gasteiger partial charge in [0.05, 0.1) is 22.5 Å². The maximum atomic E-state index is 13.2. The zero-order valence-corrected chi connectivity index (χ0v) is 14.6. The third kappa shape index (κ3) is 3.16. The fraction of sp³-hybridized carbons (Fsp3) is 0.0909. The molecule has 0 amide bonds. The molecule has 136 valence electrons. The summed E-state index contributed by atoms with van der Waals surface area (Å²) in [6.07, 6.45) is -4.37. The molecular formula is C22H17F3N2. The predicted molar refractivity (Wildman–Crippen MR) is 103 cm³/mol. The number of nitrogens with zero attached hydrogens (tertiary/aromatic N) is 2. The van der Waals surface area contributed by atoms with Crippen molar-refractivity contribution in [2.75, 3.05) is 12.1 Å². The number of fused-ring (bicyclic) bond motifs is 1. The van der Waals surface area contributed by atoms with E-state index in [0.29, 0.717) is 10.9 Å². The molecule has 0 bridgehead atoms. The van der Waals surface area contributed by atoms with Gasteiger partial charge >= 0.3 is 6.18 Å². The van der Waals surface area contributed by atoms with Crippen LogP contribution in [0.3, 0.4) is 0 Å². The molecule has 27 heavy (non-hydrogen) atoms. The molecule has 4 aromatic rings. The molecule has 0 radical (unpaired) electrons. The zero-order valence-electron chi connectivity index (χ0n) is 14.6. The first-order valence-electron chi connectivity index (χ1n) is 8.52. The monoisotopic (exact) mass is 366 g/mol. The smallest absolute Gasteiger partial charge is 0.284 e. The van der Waals surface area contributed by atoms with Gasteiger partial charge in [-0.1, -0.05) is 48.5 Å². The lowest BCUT2D eigenvalue weighted by Crippen LogP contribution is -2.25. The first kappa shape index (κ1) is 17.2. The second kappa shape index (κ2) is 6.50. The number of hydrogen-bond acceptors (Lipinski definition) is 1. The SMILES string of the molecule is CN(c1ccccc1)n1c(-c2ccccc2)cc2cc(C(F)(F)F)ccc21. The molecule has 0 unspecified atom stereocenters. The Morgan fingerprint density at radius 1 is 0.778 bits per heavy atom. The molecular weight excluding hydrogens is 349 g/mol. The van der Waals surface area contributed by atoms with Gasteiger partial charge in [-0.05, 0) is 36.4 Å². The Balaban J connectivity index is 1.96. The number of rotatable bonds is 3. The van der Waals surface area contributed by atoms with Crippen LogP contribution in [0.2, 0.25) is 0 Å². The van der Waals surface area contributed by atoms with E-state index in [0.717, 1.165) is 23.0 Å². The number of hydrogen-bond donors (Lipinski definition) is 0. The minimum Gasteiger partial charge on any atom is -0.284 e. The van der Waals surface area contributed by atoms with Gasteiger partial charge in [-0.2, -0.15) is 13.2 Å². The summed E-state index contributed by atoms with van der Waals surface area (Å²) >= 11 is 0. The fourth-order valence-corrected chi connectivity index (χ4v) is 3.27. The zero-order chi connectivity index (χ0) is 19.0. The van der Waals surface area contributed by atoms with Gasteiger partial charge in [0.2, 0.25) is 0 Å². The fourth-order valence-electron chi connectivity index (χ4n) is 3.27. The Morgan fingerprint density at radius 2 is 1.41 bits per heavy atom. The van der Waals surface area contributed by atoms with Crippen LogP contribution in [-0.4, -0.2) is 11.7 Å². The summed E-state index contributed by atoms with van der Waals surface area (Å²) in [6.45, 7) is 0.